The fraction of sp³-hybridized carbons (Fsp3) is 0.364. The lowest BCUT2D eigenvalue weighted by Gasteiger charge is -2.34. The molecule has 3 rings (SSSR count). The van der Waals surface area contributed by atoms with E-state index in [1.807, 2.05) is 6.92 Å². The van der Waals surface area contributed by atoms with Crippen molar-refractivity contribution in [2.75, 3.05) is 44.1 Å². The Bertz CT molecular complexity index is 1100. The summed E-state index contributed by atoms with van der Waals surface area (Å²) in [5.74, 6) is 0.279. The highest BCUT2D eigenvalue weighted by Crippen LogP contribution is 2.26. The largest absolute Gasteiger partial charge is 0.494 e. The van der Waals surface area contributed by atoms with Gasteiger partial charge in [0.2, 0.25) is 0 Å². The zero-order valence-electron chi connectivity index (χ0n) is 18.4. The molecule has 0 atom stereocenters. The van der Waals surface area contributed by atoms with E-state index < -0.39 is 16.1 Å². The Hall–Kier alpha value is -2.98. The Balaban J connectivity index is 1.73. The first-order valence-electron chi connectivity index (χ1n) is 10.5. The Morgan fingerprint density at radius 1 is 0.970 bits per heavy atom. The first-order valence-corrected chi connectivity index (χ1v) is 12.4. The highest BCUT2D eigenvalue weighted by Gasteiger charge is 2.27. The molecule has 1 aliphatic rings. The molecule has 0 bridgehead atoms. The van der Waals surface area contributed by atoms with Crippen LogP contribution in [0.3, 0.4) is 0 Å². The van der Waals surface area contributed by atoms with Crippen molar-refractivity contribution in [2.24, 2.45) is 0 Å². The van der Waals surface area contributed by atoms with E-state index in [-0.39, 0.29) is 28.0 Å². The Morgan fingerprint density at radius 3 is 2.21 bits per heavy atom. The molecule has 1 fully saturated rings. The maximum atomic E-state index is 13.0. The van der Waals surface area contributed by atoms with Crippen molar-refractivity contribution >= 4 is 39.3 Å². The molecule has 2 amide bonds. The highest BCUT2D eigenvalue weighted by atomic mass is 35.5. The molecule has 1 N–H and O–H groups in total. The van der Waals surface area contributed by atoms with E-state index in [0.717, 1.165) is 0 Å². The molecule has 1 saturated heterocycles. The number of rotatable bonds is 7. The standard InChI is InChI=1S/C22H26ClN3O6S/c1-3-31-18-8-6-17(7-9-18)24-33(29,30)20-15-16(5-10-19(20)23)21(27)25-11-13-26(14-12-25)22(28)32-4-2/h5-10,15,24H,3-4,11-14H2,1-2H3. The number of anilines is 1. The minimum absolute atomic E-state index is 0.00267. The number of nitrogens with one attached hydrogen (secondary N) is 1. The summed E-state index contributed by atoms with van der Waals surface area (Å²) in [6, 6.07) is 10.6. The van der Waals surface area contributed by atoms with Gasteiger partial charge in [0.15, 0.2) is 0 Å². The minimum atomic E-state index is -4.05. The molecule has 11 heteroatoms. The highest BCUT2D eigenvalue weighted by molar-refractivity contribution is 7.92. The van der Waals surface area contributed by atoms with E-state index in [9.17, 15) is 18.0 Å². The van der Waals surface area contributed by atoms with Gasteiger partial charge in [0.1, 0.15) is 10.6 Å². The summed E-state index contributed by atoms with van der Waals surface area (Å²) in [5.41, 5.74) is 0.525. The SMILES string of the molecule is CCOC(=O)N1CCN(C(=O)c2ccc(Cl)c(S(=O)(=O)Nc3ccc(OCC)cc3)c2)CC1. The number of carbonyl (C=O) groups excluding carboxylic acids is 2. The normalized spacial score (nSPS) is 14.0. The first-order chi connectivity index (χ1) is 15.7. The number of piperazine rings is 1. The Labute approximate surface area is 198 Å². The summed E-state index contributed by atoms with van der Waals surface area (Å²) >= 11 is 6.17. The van der Waals surface area contributed by atoms with Crippen molar-refractivity contribution in [3.63, 3.8) is 0 Å². The maximum Gasteiger partial charge on any atom is 0.409 e. The van der Waals surface area contributed by atoms with Gasteiger partial charge in [-0.25, -0.2) is 13.2 Å². The summed E-state index contributed by atoms with van der Waals surface area (Å²) in [5, 5.41) is -0.00267. The molecule has 1 heterocycles. The number of nitrogens with zero attached hydrogens (tertiary/aromatic N) is 2. The molecular weight excluding hydrogens is 470 g/mol. The molecular formula is C22H26ClN3O6S. The zero-order valence-corrected chi connectivity index (χ0v) is 20.0. The van der Waals surface area contributed by atoms with Crippen molar-refractivity contribution in [3.05, 3.63) is 53.1 Å². The van der Waals surface area contributed by atoms with E-state index in [1.165, 1.54) is 23.1 Å². The Kier molecular flexibility index (Phi) is 8.04. The second-order valence-corrected chi connectivity index (χ2v) is 9.24. The van der Waals surface area contributed by atoms with E-state index in [4.69, 9.17) is 21.1 Å². The van der Waals surface area contributed by atoms with Crippen LogP contribution >= 0.6 is 11.6 Å². The van der Waals surface area contributed by atoms with Gasteiger partial charge in [0.05, 0.1) is 18.2 Å². The van der Waals surface area contributed by atoms with Crippen molar-refractivity contribution in [1.82, 2.24) is 9.80 Å². The van der Waals surface area contributed by atoms with Crippen LogP contribution in [0.5, 0.6) is 5.75 Å². The lowest BCUT2D eigenvalue weighted by atomic mass is 10.2. The van der Waals surface area contributed by atoms with Crippen molar-refractivity contribution in [1.29, 1.82) is 0 Å². The van der Waals surface area contributed by atoms with Crippen LogP contribution in [0.2, 0.25) is 5.02 Å². The summed E-state index contributed by atoms with van der Waals surface area (Å²) < 4.78 is 38.7. The summed E-state index contributed by atoms with van der Waals surface area (Å²) in [7, 11) is -4.05. The van der Waals surface area contributed by atoms with Gasteiger partial charge < -0.3 is 19.3 Å². The average molecular weight is 496 g/mol. The van der Waals surface area contributed by atoms with Gasteiger partial charge in [-0.2, -0.15) is 0 Å². The number of benzene rings is 2. The van der Waals surface area contributed by atoms with Crippen molar-refractivity contribution in [2.45, 2.75) is 18.7 Å². The number of sulfonamides is 1. The molecule has 0 spiro atoms. The molecule has 0 aromatic heterocycles. The van der Waals surface area contributed by atoms with Crippen LogP contribution in [0.1, 0.15) is 24.2 Å². The van der Waals surface area contributed by atoms with Gasteiger partial charge >= 0.3 is 6.09 Å². The lowest BCUT2D eigenvalue weighted by Crippen LogP contribution is -2.50. The molecule has 178 valence electrons. The summed E-state index contributed by atoms with van der Waals surface area (Å²) in [4.78, 5) is 27.7. The van der Waals surface area contributed by atoms with Crippen LogP contribution in [-0.2, 0) is 14.8 Å². The van der Waals surface area contributed by atoms with Crippen LogP contribution in [-0.4, -0.2) is 69.6 Å². The smallest absolute Gasteiger partial charge is 0.409 e. The molecule has 1 aliphatic heterocycles. The van der Waals surface area contributed by atoms with E-state index in [0.29, 0.717) is 44.2 Å². The van der Waals surface area contributed by atoms with E-state index in [2.05, 4.69) is 4.72 Å². The number of ether oxygens (including phenoxy) is 2. The third-order valence-corrected chi connectivity index (χ3v) is 6.84. The van der Waals surface area contributed by atoms with Crippen LogP contribution in [0.15, 0.2) is 47.4 Å². The van der Waals surface area contributed by atoms with Crippen LogP contribution in [0.4, 0.5) is 10.5 Å². The zero-order chi connectivity index (χ0) is 24.0. The number of hydrogen-bond acceptors (Lipinski definition) is 6. The summed E-state index contributed by atoms with van der Waals surface area (Å²) in [6.07, 6.45) is -0.412. The van der Waals surface area contributed by atoms with Gasteiger partial charge in [-0.05, 0) is 56.3 Å². The van der Waals surface area contributed by atoms with Gasteiger partial charge in [-0.15, -0.1) is 0 Å². The second kappa shape index (κ2) is 10.8. The molecule has 9 nitrogen and oxygen atoms in total. The predicted molar refractivity (Wildman–Crippen MR) is 124 cm³/mol. The molecule has 2 aromatic carbocycles. The number of carbonyl (C=O) groups is 2. The van der Waals surface area contributed by atoms with Crippen LogP contribution in [0.25, 0.3) is 0 Å². The number of halogens is 1. The second-order valence-electron chi connectivity index (χ2n) is 7.19. The molecule has 0 unspecified atom stereocenters. The fourth-order valence-corrected chi connectivity index (χ4v) is 4.91. The van der Waals surface area contributed by atoms with Crippen LogP contribution < -0.4 is 9.46 Å². The predicted octanol–water partition coefficient (Wildman–Crippen LogP) is 3.45. The number of hydrogen-bond donors (Lipinski definition) is 1. The third-order valence-electron chi connectivity index (χ3n) is 4.98. The van der Waals surface area contributed by atoms with E-state index in [1.54, 1.807) is 36.1 Å². The molecule has 0 saturated carbocycles. The van der Waals surface area contributed by atoms with Gasteiger partial charge in [0, 0.05) is 37.4 Å². The average Bonchev–Trinajstić information content (AvgIpc) is 2.80. The topological polar surface area (TPSA) is 105 Å². The quantitative estimate of drug-likeness (QED) is 0.630. The first kappa shape index (κ1) is 24.7. The molecule has 0 radical (unpaired) electrons. The minimum Gasteiger partial charge on any atom is -0.494 e. The molecule has 33 heavy (non-hydrogen) atoms. The molecule has 0 aliphatic carbocycles. The van der Waals surface area contributed by atoms with Crippen LogP contribution in [0, 0.1) is 0 Å². The molecule has 2 aromatic rings. The monoisotopic (exact) mass is 495 g/mol. The van der Waals surface area contributed by atoms with Crippen molar-refractivity contribution in [3.8, 4) is 5.75 Å². The fourth-order valence-electron chi connectivity index (χ4n) is 3.33. The van der Waals surface area contributed by atoms with Gasteiger partial charge in [0.25, 0.3) is 15.9 Å². The van der Waals surface area contributed by atoms with E-state index >= 15 is 0 Å². The Morgan fingerprint density at radius 2 is 1.61 bits per heavy atom. The maximum absolute atomic E-state index is 13.0. The van der Waals surface area contributed by atoms with Gasteiger partial charge in [-0.1, -0.05) is 11.6 Å². The van der Waals surface area contributed by atoms with Gasteiger partial charge in [-0.3, -0.25) is 9.52 Å². The van der Waals surface area contributed by atoms with Crippen molar-refractivity contribution < 1.29 is 27.5 Å². The number of amides is 2. The summed E-state index contributed by atoms with van der Waals surface area (Å²) in [6.45, 7) is 5.66. The third kappa shape index (κ3) is 6.08. The lowest BCUT2D eigenvalue weighted by molar-refractivity contribution is 0.0570.